The number of aromatic nitrogens is 2. The lowest BCUT2D eigenvalue weighted by molar-refractivity contribution is 0.577. The smallest absolute Gasteiger partial charge is 0.198 e. The van der Waals surface area contributed by atoms with E-state index in [1.807, 2.05) is 36.4 Å². The molecule has 1 atom stereocenters. The van der Waals surface area contributed by atoms with Gasteiger partial charge in [0.1, 0.15) is 5.82 Å². The second kappa shape index (κ2) is 5.33. The Hall–Kier alpha value is -2.36. The van der Waals surface area contributed by atoms with Crippen LogP contribution in [-0.4, -0.2) is 16.0 Å². The molecule has 3 aromatic rings. The Morgan fingerprint density at radius 3 is 2.75 bits per heavy atom. The van der Waals surface area contributed by atoms with Gasteiger partial charge in [-0.3, -0.25) is 0 Å². The molecule has 1 N–H and O–H groups in total. The molecule has 0 radical (unpaired) electrons. The fourth-order valence-corrected chi connectivity index (χ4v) is 2.04. The van der Waals surface area contributed by atoms with Crippen LogP contribution in [-0.2, 0) is 0 Å². The van der Waals surface area contributed by atoms with Crippen molar-refractivity contribution in [2.75, 3.05) is 5.32 Å². The van der Waals surface area contributed by atoms with Gasteiger partial charge in [0.05, 0.1) is 11.8 Å². The zero-order valence-corrected chi connectivity index (χ0v) is 11.6. The summed E-state index contributed by atoms with van der Waals surface area (Å²) in [5, 5.41) is 4.47. The Bertz CT molecular complexity index is 707. The largest absolute Gasteiger partial charge is 0.461 e. The molecule has 20 heavy (non-hydrogen) atoms. The van der Waals surface area contributed by atoms with Crippen LogP contribution < -0.4 is 5.32 Å². The Morgan fingerprint density at radius 1 is 1.15 bits per heavy atom. The number of fused-ring (bicyclic) bond motifs is 1. The summed E-state index contributed by atoms with van der Waals surface area (Å²) in [6.07, 6.45) is 2.67. The Labute approximate surface area is 117 Å². The maximum atomic E-state index is 5.40. The van der Waals surface area contributed by atoms with E-state index in [-0.39, 0.29) is 0 Å². The maximum Gasteiger partial charge on any atom is 0.198 e. The van der Waals surface area contributed by atoms with Crippen LogP contribution in [0.5, 0.6) is 0 Å². The van der Waals surface area contributed by atoms with Crippen molar-refractivity contribution in [1.82, 2.24) is 9.97 Å². The summed E-state index contributed by atoms with van der Waals surface area (Å²) in [6, 6.07) is 12.1. The Balaban J connectivity index is 2.15. The predicted molar refractivity (Wildman–Crippen MR) is 80.6 cm³/mol. The third-order valence-electron chi connectivity index (χ3n) is 3.34. The molecule has 0 aliphatic carbocycles. The lowest BCUT2D eigenvalue weighted by atomic mass is 10.2. The van der Waals surface area contributed by atoms with Crippen LogP contribution in [0.1, 0.15) is 20.3 Å². The topological polar surface area (TPSA) is 51.0 Å². The van der Waals surface area contributed by atoms with Crippen molar-refractivity contribution in [2.24, 2.45) is 0 Å². The van der Waals surface area contributed by atoms with Crippen LogP contribution in [0.2, 0.25) is 0 Å². The molecule has 0 saturated carbocycles. The van der Waals surface area contributed by atoms with E-state index in [4.69, 9.17) is 4.42 Å². The minimum atomic E-state index is 0.359. The van der Waals surface area contributed by atoms with Crippen LogP contribution in [0.3, 0.4) is 0 Å². The summed E-state index contributed by atoms with van der Waals surface area (Å²) in [5.41, 5.74) is 0.916. The number of benzene rings is 1. The zero-order chi connectivity index (χ0) is 13.9. The summed E-state index contributed by atoms with van der Waals surface area (Å²) in [5.74, 6) is 2.15. The molecule has 0 aliphatic rings. The molecule has 3 rings (SSSR count). The highest BCUT2D eigenvalue weighted by atomic mass is 16.3. The van der Waals surface area contributed by atoms with Gasteiger partial charge in [0, 0.05) is 11.4 Å². The van der Waals surface area contributed by atoms with E-state index in [9.17, 15) is 0 Å². The first-order valence-electron chi connectivity index (χ1n) is 6.85. The molecule has 0 spiro atoms. The van der Waals surface area contributed by atoms with Crippen LogP contribution in [0.4, 0.5) is 5.82 Å². The summed E-state index contributed by atoms with van der Waals surface area (Å²) >= 11 is 0. The third-order valence-corrected chi connectivity index (χ3v) is 3.34. The average Bonchev–Trinajstić information content (AvgIpc) is 3.01. The first-order chi connectivity index (χ1) is 9.78. The number of hydrogen-bond acceptors (Lipinski definition) is 4. The number of nitrogens with zero attached hydrogens (tertiary/aromatic N) is 2. The van der Waals surface area contributed by atoms with Crippen LogP contribution in [0.15, 0.2) is 47.1 Å². The summed E-state index contributed by atoms with van der Waals surface area (Å²) in [4.78, 5) is 9.18. The van der Waals surface area contributed by atoms with Gasteiger partial charge in [0.15, 0.2) is 11.6 Å². The van der Waals surface area contributed by atoms with Gasteiger partial charge in [-0.2, -0.15) is 0 Å². The van der Waals surface area contributed by atoms with E-state index >= 15 is 0 Å². The Kier molecular flexibility index (Phi) is 3.37. The number of furan rings is 1. The number of hydrogen-bond donors (Lipinski definition) is 1. The SMILES string of the molecule is CC[C@@H](C)Nc1nc(-c2ccco2)nc2ccccc12. The first kappa shape index (κ1) is 12.7. The highest BCUT2D eigenvalue weighted by molar-refractivity contribution is 5.90. The second-order valence-corrected chi connectivity index (χ2v) is 4.84. The summed E-state index contributed by atoms with van der Waals surface area (Å²) < 4.78 is 5.40. The fourth-order valence-electron chi connectivity index (χ4n) is 2.04. The molecule has 0 saturated heterocycles. The van der Waals surface area contributed by atoms with Crippen molar-refractivity contribution in [2.45, 2.75) is 26.3 Å². The highest BCUT2D eigenvalue weighted by Crippen LogP contribution is 2.25. The lowest BCUT2D eigenvalue weighted by Gasteiger charge is -2.14. The van der Waals surface area contributed by atoms with Crippen molar-refractivity contribution in [3.8, 4) is 11.6 Å². The molecule has 102 valence electrons. The minimum absolute atomic E-state index is 0.359. The summed E-state index contributed by atoms with van der Waals surface area (Å²) in [6.45, 7) is 4.29. The van der Waals surface area contributed by atoms with E-state index in [0.717, 1.165) is 23.1 Å². The highest BCUT2D eigenvalue weighted by Gasteiger charge is 2.12. The molecule has 0 fully saturated rings. The second-order valence-electron chi connectivity index (χ2n) is 4.84. The standard InChI is InChI=1S/C16H17N3O/c1-3-11(2)17-15-12-7-4-5-8-13(12)18-16(19-15)14-9-6-10-20-14/h4-11H,3H2,1-2H3,(H,17,18,19)/t11-/m1/s1. The average molecular weight is 267 g/mol. The van der Waals surface area contributed by atoms with Gasteiger partial charge in [0.25, 0.3) is 0 Å². The molecule has 2 heterocycles. The van der Waals surface area contributed by atoms with Crippen LogP contribution in [0, 0.1) is 0 Å². The predicted octanol–water partition coefficient (Wildman–Crippen LogP) is 4.10. The van der Waals surface area contributed by atoms with Gasteiger partial charge in [-0.1, -0.05) is 19.1 Å². The third kappa shape index (κ3) is 2.37. The molecule has 0 bridgehead atoms. The van der Waals surface area contributed by atoms with E-state index in [0.29, 0.717) is 17.6 Å². The number of anilines is 1. The molecule has 1 aromatic carbocycles. The van der Waals surface area contributed by atoms with Crippen molar-refractivity contribution in [3.05, 3.63) is 42.7 Å². The number of rotatable bonds is 4. The maximum absolute atomic E-state index is 5.40. The molecule has 0 aliphatic heterocycles. The van der Waals surface area contributed by atoms with E-state index in [1.165, 1.54) is 0 Å². The normalized spacial score (nSPS) is 12.5. The van der Waals surface area contributed by atoms with Gasteiger partial charge < -0.3 is 9.73 Å². The lowest BCUT2D eigenvalue weighted by Crippen LogP contribution is -2.15. The quantitative estimate of drug-likeness (QED) is 0.773. The molecular formula is C16H17N3O. The van der Waals surface area contributed by atoms with Crippen molar-refractivity contribution in [3.63, 3.8) is 0 Å². The van der Waals surface area contributed by atoms with Crippen molar-refractivity contribution < 1.29 is 4.42 Å². The monoisotopic (exact) mass is 267 g/mol. The molecular weight excluding hydrogens is 250 g/mol. The van der Waals surface area contributed by atoms with Gasteiger partial charge in [-0.25, -0.2) is 9.97 Å². The van der Waals surface area contributed by atoms with Crippen LogP contribution >= 0.6 is 0 Å². The summed E-state index contributed by atoms with van der Waals surface area (Å²) in [7, 11) is 0. The minimum Gasteiger partial charge on any atom is -0.461 e. The zero-order valence-electron chi connectivity index (χ0n) is 11.6. The van der Waals surface area contributed by atoms with Gasteiger partial charge in [-0.15, -0.1) is 0 Å². The Morgan fingerprint density at radius 2 is 2.00 bits per heavy atom. The molecule has 4 nitrogen and oxygen atoms in total. The van der Waals surface area contributed by atoms with Gasteiger partial charge >= 0.3 is 0 Å². The van der Waals surface area contributed by atoms with Crippen molar-refractivity contribution >= 4 is 16.7 Å². The molecule has 0 unspecified atom stereocenters. The van der Waals surface area contributed by atoms with E-state index in [2.05, 4.69) is 29.1 Å². The number of para-hydroxylation sites is 1. The van der Waals surface area contributed by atoms with Gasteiger partial charge in [-0.05, 0) is 37.6 Å². The number of nitrogens with one attached hydrogen (secondary N) is 1. The van der Waals surface area contributed by atoms with E-state index in [1.54, 1.807) is 6.26 Å². The molecule has 2 aromatic heterocycles. The van der Waals surface area contributed by atoms with Crippen LogP contribution in [0.25, 0.3) is 22.5 Å². The van der Waals surface area contributed by atoms with Gasteiger partial charge in [0.2, 0.25) is 0 Å². The molecule has 0 amide bonds. The van der Waals surface area contributed by atoms with E-state index < -0.39 is 0 Å². The first-order valence-corrected chi connectivity index (χ1v) is 6.85. The van der Waals surface area contributed by atoms with Crippen molar-refractivity contribution in [1.29, 1.82) is 0 Å². The fraction of sp³-hybridized carbons (Fsp3) is 0.250. The molecule has 4 heteroatoms.